The van der Waals surface area contributed by atoms with E-state index in [1.54, 1.807) is 27.8 Å². The van der Waals surface area contributed by atoms with Gasteiger partial charge in [0.1, 0.15) is 5.82 Å². The summed E-state index contributed by atoms with van der Waals surface area (Å²) in [5.74, 6) is -0.0312. The van der Waals surface area contributed by atoms with Gasteiger partial charge in [0.25, 0.3) is 5.91 Å². The van der Waals surface area contributed by atoms with Gasteiger partial charge in [-0.3, -0.25) is 4.79 Å². The Morgan fingerprint density at radius 1 is 0.879 bits per heavy atom. The van der Waals surface area contributed by atoms with Crippen molar-refractivity contribution in [3.63, 3.8) is 0 Å². The fraction of sp³-hybridized carbons (Fsp3) is 0.192. The Morgan fingerprint density at radius 2 is 1.52 bits per heavy atom. The van der Waals surface area contributed by atoms with Crippen LogP contribution in [-0.2, 0) is 6.54 Å². The molecule has 3 aromatic carbocycles. The minimum Gasteiger partial charge on any atom is -0.330 e. The maximum Gasteiger partial charge on any atom is 0.293 e. The molecule has 0 spiro atoms. The molecule has 0 radical (unpaired) electrons. The van der Waals surface area contributed by atoms with Gasteiger partial charge in [-0.15, -0.1) is 5.10 Å². The van der Waals surface area contributed by atoms with Crippen LogP contribution >= 0.6 is 0 Å². The van der Waals surface area contributed by atoms with Gasteiger partial charge in [-0.1, -0.05) is 66.7 Å². The van der Waals surface area contributed by atoms with Crippen LogP contribution in [0.4, 0.5) is 4.39 Å². The van der Waals surface area contributed by atoms with Crippen LogP contribution < -0.4 is 0 Å². The second kappa shape index (κ2) is 10.2. The van der Waals surface area contributed by atoms with Crippen molar-refractivity contribution < 1.29 is 9.18 Å². The summed E-state index contributed by atoms with van der Waals surface area (Å²) in [5.41, 5.74) is 2.11. The molecule has 0 aliphatic rings. The van der Waals surface area contributed by atoms with Gasteiger partial charge in [0, 0.05) is 30.8 Å². The molecule has 4 aromatic rings. The van der Waals surface area contributed by atoms with Crippen molar-refractivity contribution in [3.05, 3.63) is 102 Å². The zero-order valence-corrected chi connectivity index (χ0v) is 18.7. The van der Waals surface area contributed by atoms with E-state index in [-0.39, 0.29) is 24.1 Å². The molecule has 0 fully saturated rings. The Morgan fingerprint density at radius 3 is 2.18 bits per heavy atom. The Labute approximate surface area is 192 Å². The first kappa shape index (κ1) is 22.4. The van der Waals surface area contributed by atoms with Crippen molar-refractivity contribution in [3.8, 4) is 17.1 Å². The number of benzene rings is 3. The SMILES string of the molecule is CN(C)CCN(Cc1ccccc1F)C(=O)c1nc(-c2ccccc2)n(-c2ccccc2)n1. The monoisotopic (exact) mass is 443 g/mol. The predicted molar refractivity (Wildman–Crippen MR) is 126 cm³/mol. The molecule has 1 heterocycles. The fourth-order valence-corrected chi connectivity index (χ4v) is 3.47. The third kappa shape index (κ3) is 5.32. The van der Waals surface area contributed by atoms with Crippen LogP contribution in [0.25, 0.3) is 17.1 Å². The van der Waals surface area contributed by atoms with E-state index in [1.165, 1.54) is 6.07 Å². The molecular weight excluding hydrogens is 417 g/mol. The Kier molecular flexibility index (Phi) is 6.90. The maximum atomic E-state index is 14.3. The normalized spacial score (nSPS) is 11.0. The highest BCUT2D eigenvalue weighted by molar-refractivity contribution is 5.91. The van der Waals surface area contributed by atoms with E-state index in [9.17, 15) is 9.18 Å². The molecule has 0 atom stereocenters. The van der Waals surface area contributed by atoms with Crippen LogP contribution in [-0.4, -0.2) is 57.7 Å². The molecule has 33 heavy (non-hydrogen) atoms. The quantitative estimate of drug-likeness (QED) is 0.408. The van der Waals surface area contributed by atoms with E-state index in [0.29, 0.717) is 24.5 Å². The van der Waals surface area contributed by atoms with Gasteiger partial charge in [0.15, 0.2) is 5.82 Å². The smallest absolute Gasteiger partial charge is 0.293 e. The van der Waals surface area contributed by atoms with E-state index < -0.39 is 0 Å². The first-order valence-corrected chi connectivity index (χ1v) is 10.8. The molecule has 0 saturated heterocycles. The third-order valence-electron chi connectivity index (χ3n) is 5.25. The fourth-order valence-electron chi connectivity index (χ4n) is 3.47. The molecule has 0 aliphatic carbocycles. The number of amides is 1. The third-order valence-corrected chi connectivity index (χ3v) is 5.25. The number of halogens is 1. The average molecular weight is 444 g/mol. The zero-order valence-electron chi connectivity index (χ0n) is 18.7. The minimum atomic E-state index is -0.341. The number of carbonyl (C=O) groups is 1. The van der Waals surface area contributed by atoms with Crippen LogP contribution in [0.2, 0.25) is 0 Å². The summed E-state index contributed by atoms with van der Waals surface area (Å²) in [6, 6.07) is 25.7. The van der Waals surface area contributed by atoms with Crippen molar-refractivity contribution in [1.29, 1.82) is 0 Å². The highest BCUT2D eigenvalue weighted by atomic mass is 19.1. The topological polar surface area (TPSA) is 54.3 Å². The lowest BCUT2D eigenvalue weighted by atomic mass is 10.2. The van der Waals surface area contributed by atoms with E-state index in [1.807, 2.05) is 79.7 Å². The number of para-hydroxylation sites is 1. The summed E-state index contributed by atoms with van der Waals surface area (Å²) in [5, 5.41) is 4.58. The lowest BCUT2D eigenvalue weighted by Crippen LogP contribution is -2.37. The number of hydrogen-bond acceptors (Lipinski definition) is 4. The van der Waals surface area contributed by atoms with Crippen LogP contribution in [0.3, 0.4) is 0 Å². The van der Waals surface area contributed by atoms with Crippen LogP contribution in [0.5, 0.6) is 0 Å². The van der Waals surface area contributed by atoms with Crippen molar-refractivity contribution in [2.24, 2.45) is 0 Å². The molecule has 168 valence electrons. The number of aromatic nitrogens is 3. The lowest BCUT2D eigenvalue weighted by molar-refractivity contribution is 0.0718. The molecule has 1 amide bonds. The first-order valence-electron chi connectivity index (χ1n) is 10.8. The summed E-state index contributed by atoms with van der Waals surface area (Å²) in [7, 11) is 3.86. The van der Waals surface area contributed by atoms with Gasteiger partial charge in [-0.2, -0.15) is 0 Å². The Hall–Kier alpha value is -3.84. The van der Waals surface area contributed by atoms with Crippen molar-refractivity contribution in [1.82, 2.24) is 24.6 Å². The highest BCUT2D eigenvalue weighted by Crippen LogP contribution is 2.22. The van der Waals surface area contributed by atoms with Gasteiger partial charge in [0.2, 0.25) is 5.82 Å². The molecule has 0 saturated carbocycles. The van der Waals surface area contributed by atoms with E-state index >= 15 is 0 Å². The molecule has 0 bridgehead atoms. The highest BCUT2D eigenvalue weighted by Gasteiger charge is 2.24. The molecule has 6 nitrogen and oxygen atoms in total. The van der Waals surface area contributed by atoms with Gasteiger partial charge in [-0.25, -0.2) is 14.1 Å². The number of hydrogen-bond donors (Lipinski definition) is 0. The molecule has 7 heteroatoms. The molecule has 0 N–H and O–H groups in total. The average Bonchev–Trinajstić information content (AvgIpc) is 3.29. The Bertz CT molecular complexity index is 1150. The van der Waals surface area contributed by atoms with E-state index in [2.05, 4.69) is 10.1 Å². The number of likely N-dealkylation sites (N-methyl/N-ethyl adjacent to an activating group) is 1. The summed E-state index contributed by atoms with van der Waals surface area (Å²) in [6.07, 6.45) is 0. The molecule has 0 aliphatic heterocycles. The second-order valence-corrected chi connectivity index (χ2v) is 7.99. The van der Waals surface area contributed by atoms with Crippen molar-refractivity contribution in [2.45, 2.75) is 6.54 Å². The number of carbonyl (C=O) groups excluding carboxylic acids is 1. The van der Waals surface area contributed by atoms with E-state index in [4.69, 9.17) is 0 Å². The zero-order chi connectivity index (χ0) is 23.2. The lowest BCUT2D eigenvalue weighted by Gasteiger charge is -2.23. The predicted octanol–water partition coefficient (Wildman–Crippen LogP) is 4.28. The van der Waals surface area contributed by atoms with E-state index in [0.717, 1.165) is 11.3 Å². The molecular formula is C26H26FN5O. The van der Waals surface area contributed by atoms with Crippen LogP contribution in [0.15, 0.2) is 84.9 Å². The largest absolute Gasteiger partial charge is 0.330 e. The molecule has 0 unspecified atom stereocenters. The summed E-state index contributed by atoms with van der Waals surface area (Å²) >= 11 is 0. The second-order valence-electron chi connectivity index (χ2n) is 7.99. The number of nitrogens with zero attached hydrogens (tertiary/aromatic N) is 5. The minimum absolute atomic E-state index is 0.0767. The van der Waals surface area contributed by atoms with Gasteiger partial charge < -0.3 is 9.80 Å². The van der Waals surface area contributed by atoms with Gasteiger partial charge in [0.05, 0.1) is 5.69 Å². The van der Waals surface area contributed by atoms with Gasteiger partial charge >= 0.3 is 0 Å². The standard InChI is InChI=1S/C26H26FN5O/c1-30(2)17-18-31(19-21-13-9-10-16-23(21)27)26(33)24-28-25(20-11-5-3-6-12-20)32(29-24)22-14-7-4-8-15-22/h3-16H,17-19H2,1-2H3. The maximum absolute atomic E-state index is 14.3. The molecule has 1 aromatic heterocycles. The summed E-state index contributed by atoms with van der Waals surface area (Å²) in [4.78, 5) is 21.7. The first-order chi connectivity index (χ1) is 16.0. The van der Waals surface area contributed by atoms with Crippen LogP contribution in [0, 0.1) is 5.82 Å². The van der Waals surface area contributed by atoms with Crippen LogP contribution in [0.1, 0.15) is 16.2 Å². The van der Waals surface area contributed by atoms with Crippen molar-refractivity contribution >= 4 is 5.91 Å². The summed E-state index contributed by atoms with van der Waals surface area (Å²) in [6.45, 7) is 1.19. The molecule has 4 rings (SSSR count). The Balaban J connectivity index is 1.72. The number of rotatable bonds is 8. The van der Waals surface area contributed by atoms with Crippen molar-refractivity contribution in [2.75, 3.05) is 27.2 Å². The summed E-state index contributed by atoms with van der Waals surface area (Å²) < 4.78 is 16.0. The van der Waals surface area contributed by atoms with Gasteiger partial charge in [-0.05, 0) is 32.3 Å².